The number of nitrogens with zero attached hydrogens (tertiary/aromatic N) is 3. The Hall–Kier alpha value is -1.58. The largest absolute Gasteiger partial charge is 0.417 e. The van der Waals surface area contributed by atoms with Gasteiger partial charge in [0.15, 0.2) is 11.5 Å². The SMILES string of the molecule is CC1(N)CCCCC1C(=O)NCc1nnc2c(Cl)cc(C(F)(F)F)cn12.Cl. The minimum Gasteiger partial charge on any atom is -0.348 e. The first-order valence-electron chi connectivity index (χ1n) is 8.26. The Bertz CT molecular complexity index is 837. The van der Waals surface area contributed by atoms with Gasteiger partial charge in [0.25, 0.3) is 0 Å². The van der Waals surface area contributed by atoms with Crippen LogP contribution < -0.4 is 11.1 Å². The zero-order chi connectivity index (χ0) is 19.1. The molecule has 2 aromatic heterocycles. The van der Waals surface area contributed by atoms with Crippen LogP contribution in [0.3, 0.4) is 0 Å². The minimum atomic E-state index is -4.55. The number of hydrogen-bond donors (Lipinski definition) is 2. The summed E-state index contributed by atoms with van der Waals surface area (Å²) in [5.41, 5.74) is 4.81. The number of carbonyl (C=O) groups is 1. The Morgan fingerprint density at radius 3 is 2.78 bits per heavy atom. The van der Waals surface area contributed by atoms with Crippen molar-refractivity contribution in [3.05, 3.63) is 28.7 Å². The van der Waals surface area contributed by atoms with Crippen LogP contribution in [0.15, 0.2) is 12.3 Å². The van der Waals surface area contributed by atoms with Gasteiger partial charge in [0.2, 0.25) is 5.91 Å². The molecule has 1 aliphatic rings. The summed E-state index contributed by atoms with van der Waals surface area (Å²) in [5, 5.41) is 10.2. The molecule has 1 fully saturated rings. The van der Waals surface area contributed by atoms with E-state index in [2.05, 4.69) is 15.5 Å². The van der Waals surface area contributed by atoms with Crippen LogP contribution in [0, 0.1) is 5.92 Å². The maximum Gasteiger partial charge on any atom is 0.417 e. The van der Waals surface area contributed by atoms with E-state index in [-0.39, 0.29) is 47.3 Å². The summed E-state index contributed by atoms with van der Waals surface area (Å²) >= 11 is 5.88. The smallest absolute Gasteiger partial charge is 0.348 e. The molecule has 2 aromatic rings. The van der Waals surface area contributed by atoms with E-state index in [1.165, 1.54) is 0 Å². The van der Waals surface area contributed by atoms with Gasteiger partial charge in [-0.2, -0.15) is 13.2 Å². The van der Waals surface area contributed by atoms with Crippen molar-refractivity contribution in [2.45, 2.75) is 50.9 Å². The molecule has 2 atom stereocenters. The van der Waals surface area contributed by atoms with Crippen molar-refractivity contribution in [3.8, 4) is 0 Å². The third-order valence-corrected chi connectivity index (χ3v) is 5.13. The van der Waals surface area contributed by atoms with E-state index in [1.54, 1.807) is 0 Å². The lowest BCUT2D eigenvalue weighted by atomic mass is 9.74. The molecule has 27 heavy (non-hydrogen) atoms. The number of aromatic nitrogens is 3. The van der Waals surface area contributed by atoms with Crippen molar-refractivity contribution < 1.29 is 18.0 Å². The van der Waals surface area contributed by atoms with Gasteiger partial charge >= 0.3 is 6.18 Å². The standard InChI is InChI=1S/C16H19ClF3N5O.ClH/c1-15(21)5-3-2-4-10(15)14(26)22-7-12-23-24-13-11(17)6-9(8-25(12)13)16(18,19)20;/h6,8,10H,2-5,7,21H2,1H3,(H,22,26);1H. The highest BCUT2D eigenvalue weighted by Crippen LogP contribution is 2.33. The average molecular weight is 426 g/mol. The lowest BCUT2D eigenvalue weighted by Crippen LogP contribution is -2.52. The highest BCUT2D eigenvalue weighted by Gasteiger charge is 2.38. The van der Waals surface area contributed by atoms with Gasteiger partial charge in [0.1, 0.15) is 0 Å². The first-order valence-corrected chi connectivity index (χ1v) is 8.64. The lowest BCUT2D eigenvalue weighted by molar-refractivity contribution is -0.138. The number of carbonyl (C=O) groups excluding carboxylic acids is 1. The highest BCUT2D eigenvalue weighted by molar-refractivity contribution is 6.33. The second-order valence-corrected chi connectivity index (χ2v) is 7.31. The first-order chi connectivity index (χ1) is 12.1. The van der Waals surface area contributed by atoms with Gasteiger partial charge in [-0.25, -0.2) is 0 Å². The van der Waals surface area contributed by atoms with Gasteiger partial charge in [-0.1, -0.05) is 24.4 Å². The molecule has 0 aromatic carbocycles. The third kappa shape index (κ3) is 4.47. The van der Waals surface area contributed by atoms with Gasteiger partial charge in [0, 0.05) is 11.7 Å². The first kappa shape index (κ1) is 21.7. The Labute approximate surface area is 165 Å². The minimum absolute atomic E-state index is 0. The van der Waals surface area contributed by atoms with Crippen molar-refractivity contribution in [1.82, 2.24) is 19.9 Å². The molecule has 1 saturated carbocycles. The van der Waals surface area contributed by atoms with Crippen molar-refractivity contribution in [3.63, 3.8) is 0 Å². The van der Waals surface area contributed by atoms with Crippen molar-refractivity contribution >= 4 is 35.6 Å². The van der Waals surface area contributed by atoms with Crippen LogP contribution in [0.2, 0.25) is 5.02 Å². The van der Waals surface area contributed by atoms with E-state index in [0.29, 0.717) is 6.42 Å². The Kier molecular flexibility index (Phi) is 6.28. The number of alkyl halides is 3. The summed E-state index contributed by atoms with van der Waals surface area (Å²) in [4.78, 5) is 12.5. The number of pyridine rings is 1. The maximum atomic E-state index is 13.0. The van der Waals surface area contributed by atoms with Crippen molar-refractivity contribution in [2.75, 3.05) is 0 Å². The number of amides is 1. The zero-order valence-electron chi connectivity index (χ0n) is 14.5. The molecule has 0 saturated heterocycles. The molecular formula is C16H20Cl2F3N5O. The van der Waals surface area contributed by atoms with Crippen LogP contribution in [0.5, 0.6) is 0 Å². The number of rotatable bonds is 3. The summed E-state index contributed by atoms with van der Waals surface area (Å²) in [5.74, 6) is -0.412. The number of hydrogen-bond acceptors (Lipinski definition) is 4. The zero-order valence-corrected chi connectivity index (χ0v) is 16.1. The lowest BCUT2D eigenvalue weighted by Gasteiger charge is -2.37. The van der Waals surface area contributed by atoms with Crippen LogP contribution in [0.25, 0.3) is 5.65 Å². The number of halogens is 5. The maximum absolute atomic E-state index is 13.0. The number of nitrogens with one attached hydrogen (secondary N) is 1. The molecule has 1 amide bonds. The monoisotopic (exact) mass is 425 g/mol. The fourth-order valence-corrected chi connectivity index (χ4v) is 3.60. The molecule has 3 N–H and O–H groups in total. The van der Waals surface area contributed by atoms with Gasteiger partial charge in [-0.15, -0.1) is 22.6 Å². The Morgan fingerprint density at radius 2 is 2.15 bits per heavy atom. The molecule has 0 radical (unpaired) electrons. The average Bonchev–Trinajstić information content (AvgIpc) is 2.95. The second kappa shape index (κ2) is 7.81. The van der Waals surface area contributed by atoms with E-state index in [1.807, 2.05) is 6.92 Å². The van der Waals surface area contributed by atoms with Gasteiger partial charge in [-0.3, -0.25) is 9.20 Å². The van der Waals surface area contributed by atoms with Gasteiger partial charge < -0.3 is 11.1 Å². The summed E-state index contributed by atoms with van der Waals surface area (Å²) < 4.78 is 40.1. The van der Waals surface area contributed by atoms with E-state index in [9.17, 15) is 18.0 Å². The summed E-state index contributed by atoms with van der Waals surface area (Å²) in [6, 6.07) is 0.801. The fraction of sp³-hybridized carbons (Fsp3) is 0.562. The number of fused-ring (bicyclic) bond motifs is 1. The third-order valence-electron chi connectivity index (χ3n) is 4.85. The van der Waals surface area contributed by atoms with E-state index in [4.69, 9.17) is 17.3 Å². The van der Waals surface area contributed by atoms with Crippen molar-refractivity contribution in [1.29, 1.82) is 0 Å². The fourth-order valence-electron chi connectivity index (χ4n) is 3.35. The Balaban J connectivity index is 0.00000261. The van der Waals surface area contributed by atoms with Crippen LogP contribution in [0.1, 0.15) is 44.0 Å². The van der Waals surface area contributed by atoms with Crippen molar-refractivity contribution in [2.24, 2.45) is 11.7 Å². The number of nitrogens with two attached hydrogens (primary N) is 1. The molecule has 1 aliphatic carbocycles. The summed E-state index contributed by atoms with van der Waals surface area (Å²) in [7, 11) is 0. The molecular weight excluding hydrogens is 406 g/mol. The molecule has 2 unspecified atom stereocenters. The predicted molar refractivity (Wildman–Crippen MR) is 96.6 cm³/mol. The summed E-state index contributed by atoms with van der Waals surface area (Å²) in [6.07, 6.45) is -0.344. The molecule has 0 spiro atoms. The van der Waals surface area contributed by atoms with E-state index in [0.717, 1.165) is 35.9 Å². The molecule has 150 valence electrons. The van der Waals surface area contributed by atoms with Crippen LogP contribution in [-0.4, -0.2) is 26.0 Å². The van der Waals surface area contributed by atoms with E-state index >= 15 is 0 Å². The van der Waals surface area contributed by atoms with Gasteiger partial charge in [0.05, 0.1) is 23.0 Å². The van der Waals surface area contributed by atoms with E-state index < -0.39 is 17.3 Å². The molecule has 3 rings (SSSR count). The second-order valence-electron chi connectivity index (χ2n) is 6.91. The molecule has 2 heterocycles. The van der Waals surface area contributed by atoms with Crippen LogP contribution in [0.4, 0.5) is 13.2 Å². The normalized spacial score (nSPS) is 23.1. The molecule has 0 aliphatic heterocycles. The van der Waals surface area contributed by atoms with Crippen LogP contribution in [-0.2, 0) is 17.5 Å². The molecule has 0 bridgehead atoms. The highest BCUT2D eigenvalue weighted by atomic mass is 35.5. The molecule has 6 nitrogen and oxygen atoms in total. The topological polar surface area (TPSA) is 85.3 Å². The Morgan fingerprint density at radius 1 is 1.44 bits per heavy atom. The summed E-state index contributed by atoms with van der Waals surface area (Å²) in [6.45, 7) is 1.78. The predicted octanol–water partition coefficient (Wildman–Crippen LogP) is 3.35. The molecule has 11 heteroatoms. The quantitative estimate of drug-likeness (QED) is 0.789. The van der Waals surface area contributed by atoms with Crippen LogP contribution >= 0.6 is 24.0 Å². The van der Waals surface area contributed by atoms with Gasteiger partial charge in [-0.05, 0) is 25.8 Å².